The Labute approximate surface area is 316 Å². The minimum atomic E-state index is -0.191. The van der Waals surface area contributed by atoms with Crippen LogP contribution in [0.1, 0.15) is 25.0 Å². The standard InChI is InChI=1S/C51H34S2/c1-51(2)44-22-12-9-21-40(44)48-38-26-27-39-36-19-10-14-24-46(36)53-50(39)43(38)30-42(49(48)51)35-16-6-4-3-5-15-32(33-17-7-8-18-34(33)35)31-25-28-47-41(29-31)37-20-11-13-23-45(37)52-47/h3-30H,1-2H3. The zero-order valence-corrected chi connectivity index (χ0v) is 31.1. The van der Waals surface area contributed by atoms with Gasteiger partial charge in [-0.25, -0.2) is 0 Å². The van der Waals surface area contributed by atoms with E-state index in [9.17, 15) is 0 Å². The molecule has 0 N–H and O–H groups in total. The zero-order chi connectivity index (χ0) is 35.3. The van der Waals surface area contributed by atoms with Crippen molar-refractivity contribution in [3.05, 3.63) is 181 Å². The molecule has 2 aromatic heterocycles. The van der Waals surface area contributed by atoms with Gasteiger partial charge in [0, 0.05) is 51.1 Å². The average Bonchev–Trinajstić information content (AvgIpc) is 3.84. The summed E-state index contributed by atoms with van der Waals surface area (Å²) < 4.78 is 5.35. The lowest BCUT2D eigenvalue weighted by Gasteiger charge is -2.26. The van der Waals surface area contributed by atoms with Gasteiger partial charge in [0.15, 0.2) is 0 Å². The largest absolute Gasteiger partial charge is 0.135 e. The maximum absolute atomic E-state index is 2.53. The van der Waals surface area contributed by atoms with Gasteiger partial charge in [-0.3, -0.25) is 0 Å². The minimum absolute atomic E-state index is 0.191. The Balaban J connectivity index is 1.29. The van der Waals surface area contributed by atoms with Gasteiger partial charge in [-0.15, -0.1) is 22.7 Å². The van der Waals surface area contributed by atoms with Gasteiger partial charge in [0.05, 0.1) is 0 Å². The summed E-state index contributed by atoms with van der Waals surface area (Å²) in [5.74, 6) is 0. The van der Waals surface area contributed by atoms with Crippen molar-refractivity contribution in [1.82, 2.24) is 0 Å². The maximum Gasteiger partial charge on any atom is 0.0434 e. The summed E-state index contributed by atoms with van der Waals surface area (Å²) in [6.45, 7) is 4.84. The Morgan fingerprint density at radius 3 is 1.72 bits per heavy atom. The number of hydrogen-bond donors (Lipinski definition) is 0. The Bertz CT molecular complexity index is 3210. The molecular formula is C51H34S2. The second-order valence-corrected chi connectivity index (χ2v) is 16.9. The maximum atomic E-state index is 2.53. The number of rotatable bonds is 2. The number of hydrogen-bond acceptors (Lipinski definition) is 2. The van der Waals surface area contributed by atoms with Crippen LogP contribution in [0.15, 0.2) is 170 Å². The van der Waals surface area contributed by atoms with Crippen molar-refractivity contribution in [2.24, 2.45) is 0 Å². The Hall–Kier alpha value is -5.80. The molecule has 0 saturated heterocycles. The summed E-state index contributed by atoms with van der Waals surface area (Å²) in [5, 5.41) is 10.5. The average molecular weight is 711 g/mol. The fraction of sp³-hybridized carbons (Fsp3) is 0.0588. The van der Waals surface area contributed by atoms with Gasteiger partial charge in [0.2, 0.25) is 0 Å². The molecule has 1 aliphatic rings. The summed E-state index contributed by atoms with van der Waals surface area (Å²) in [7, 11) is 0. The summed E-state index contributed by atoms with van der Waals surface area (Å²) in [6, 6.07) is 63.5. The van der Waals surface area contributed by atoms with E-state index in [-0.39, 0.29) is 5.41 Å². The monoisotopic (exact) mass is 710 g/mol. The van der Waals surface area contributed by atoms with E-state index in [1.165, 1.54) is 106 Å². The molecule has 8 aromatic carbocycles. The first-order valence-corrected chi connectivity index (χ1v) is 20.0. The van der Waals surface area contributed by atoms with Crippen LogP contribution in [-0.2, 0) is 5.41 Å². The summed E-state index contributed by atoms with van der Waals surface area (Å²) >= 11 is 3.79. The third-order valence-corrected chi connectivity index (χ3v) is 13.9. The van der Waals surface area contributed by atoms with Crippen LogP contribution < -0.4 is 0 Å². The van der Waals surface area contributed by atoms with Crippen molar-refractivity contribution >= 4 is 84.6 Å². The van der Waals surface area contributed by atoms with Crippen molar-refractivity contribution in [2.45, 2.75) is 19.3 Å². The highest BCUT2D eigenvalue weighted by atomic mass is 32.1. The van der Waals surface area contributed by atoms with Crippen LogP contribution in [0.2, 0.25) is 0 Å². The van der Waals surface area contributed by atoms with E-state index in [1.54, 1.807) is 0 Å². The minimum Gasteiger partial charge on any atom is -0.135 e. The third kappa shape index (κ3) is 4.53. The number of thiophene rings is 2. The summed E-state index contributed by atoms with van der Waals surface area (Å²) in [5.41, 5.74) is 10.3. The van der Waals surface area contributed by atoms with Crippen LogP contribution in [0.4, 0.5) is 0 Å². The summed E-state index contributed by atoms with van der Waals surface area (Å²) in [4.78, 5) is 0. The van der Waals surface area contributed by atoms with Gasteiger partial charge in [-0.05, 0) is 91.0 Å². The molecule has 0 spiro atoms. The van der Waals surface area contributed by atoms with Crippen LogP contribution in [0.25, 0.3) is 95.3 Å². The van der Waals surface area contributed by atoms with E-state index in [0.717, 1.165) is 0 Å². The molecule has 2 heterocycles. The van der Waals surface area contributed by atoms with Gasteiger partial charge < -0.3 is 0 Å². The number of fused-ring (bicyclic) bond motifs is 13. The Morgan fingerprint density at radius 1 is 0.358 bits per heavy atom. The molecule has 0 atom stereocenters. The van der Waals surface area contributed by atoms with Crippen molar-refractivity contribution < 1.29 is 0 Å². The first-order chi connectivity index (χ1) is 26.1. The molecule has 0 fully saturated rings. The van der Waals surface area contributed by atoms with Crippen molar-refractivity contribution in [2.75, 3.05) is 0 Å². The molecule has 0 unspecified atom stereocenters. The normalized spacial score (nSPS) is 13.2. The molecule has 0 aliphatic heterocycles. The smallest absolute Gasteiger partial charge is 0.0434 e. The highest BCUT2D eigenvalue weighted by Gasteiger charge is 2.39. The van der Waals surface area contributed by atoms with Crippen LogP contribution in [0.3, 0.4) is 0 Å². The van der Waals surface area contributed by atoms with E-state index in [2.05, 4.69) is 184 Å². The van der Waals surface area contributed by atoms with Crippen LogP contribution in [-0.4, -0.2) is 0 Å². The molecule has 2 heteroatoms. The number of benzene rings is 7. The molecule has 53 heavy (non-hydrogen) atoms. The van der Waals surface area contributed by atoms with E-state index in [1.807, 2.05) is 22.7 Å². The molecule has 0 nitrogen and oxygen atoms in total. The topological polar surface area (TPSA) is 0 Å². The highest BCUT2D eigenvalue weighted by Crippen LogP contribution is 2.56. The molecule has 1 aliphatic carbocycles. The van der Waals surface area contributed by atoms with Crippen molar-refractivity contribution in [3.8, 4) is 33.4 Å². The Morgan fingerprint density at radius 2 is 0.925 bits per heavy atom. The van der Waals surface area contributed by atoms with Gasteiger partial charge >= 0.3 is 0 Å². The van der Waals surface area contributed by atoms with Crippen LogP contribution in [0.5, 0.6) is 0 Å². The third-order valence-electron chi connectivity index (χ3n) is 11.5. The molecule has 11 rings (SSSR count). The highest BCUT2D eigenvalue weighted by molar-refractivity contribution is 7.26. The summed E-state index contributed by atoms with van der Waals surface area (Å²) in [6.07, 6.45) is 0. The van der Waals surface area contributed by atoms with Crippen LogP contribution in [0, 0.1) is 0 Å². The molecule has 250 valence electrons. The lowest BCUT2D eigenvalue weighted by Crippen LogP contribution is -2.16. The van der Waals surface area contributed by atoms with Gasteiger partial charge in [0.1, 0.15) is 0 Å². The molecule has 0 saturated carbocycles. The fourth-order valence-electron chi connectivity index (χ4n) is 9.12. The second-order valence-electron chi connectivity index (χ2n) is 14.8. The van der Waals surface area contributed by atoms with E-state index in [0.29, 0.717) is 0 Å². The van der Waals surface area contributed by atoms with E-state index in [4.69, 9.17) is 0 Å². The first kappa shape index (κ1) is 30.8. The first-order valence-electron chi connectivity index (χ1n) is 18.3. The molecular weight excluding hydrogens is 677 g/mol. The fourth-order valence-corrected chi connectivity index (χ4v) is 11.4. The van der Waals surface area contributed by atoms with Gasteiger partial charge in [-0.2, -0.15) is 0 Å². The quantitative estimate of drug-likeness (QED) is 0.168. The molecule has 0 bridgehead atoms. The zero-order valence-electron chi connectivity index (χ0n) is 29.5. The Kier molecular flexibility index (Phi) is 6.74. The molecule has 0 radical (unpaired) electrons. The molecule has 10 aromatic rings. The lowest BCUT2D eigenvalue weighted by atomic mass is 9.77. The predicted octanol–water partition coefficient (Wildman–Crippen LogP) is 15.5. The van der Waals surface area contributed by atoms with Gasteiger partial charge in [-0.1, -0.05) is 153 Å². The lowest BCUT2D eigenvalue weighted by molar-refractivity contribution is 0.662. The SMILES string of the molecule is CC1(C)c2ccccc2-c2c1c(-c1ccccccc(-c3ccc4sc5ccccc5c4c3)c3ccccc13)cc1c2ccc2c3ccccc3sc12. The van der Waals surface area contributed by atoms with E-state index < -0.39 is 0 Å². The van der Waals surface area contributed by atoms with Crippen molar-refractivity contribution in [3.63, 3.8) is 0 Å². The predicted molar refractivity (Wildman–Crippen MR) is 233 cm³/mol. The molecule has 0 amide bonds. The van der Waals surface area contributed by atoms with Crippen molar-refractivity contribution in [1.29, 1.82) is 0 Å². The van der Waals surface area contributed by atoms with Crippen LogP contribution >= 0.6 is 22.7 Å². The van der Waals surface area contributed by atoms with Gasteiger partial charge in [0.25, 0.3) is 0 Å². The second kappa shape index (κ2) is 11.6. The van der Waals surface area contributed by atoms with E-state index >= 15 is 0 Å².